The minimum absolute atomic E-state index is 0.0297. The lowest BCUT2D eigenvalue weighted by Crippen LogP contribution is -2.25. The zero-order valence-electron chi connectivity index (χ0n) is 25.8. The number of sulfonamides is 2. The number of aromatic nitrogens is 2. The van der Waals surface area contributed by atoms with Crippen LogP contribution in [-0.4, -0.2) is 50.3 Å². The van der Waals surface area contributed by atoms with Crippen LogP contribution < -0.4 is 25.6 Å². The molecular formula is C32H35N9O4S2. The number of nitrogens with one attached hydrogen (secondary N) is 5. The lowest BCUT2D eigenvalue weighted by molar-refractivity contribution is 0.579. The Balaban J connectivity index is 1.18. The predicted molar refractivity (Wildman–Crippen MR) is 183 cm³/mol. The van der Waals surface area contributed by atoms with E-state index < -0.39 is 20.0 Å². The van der Waals surface area contributed by atoms with Crippen LogP contribution in [0.15, 0.2) is 105 Å². The van der Waals surface area contributed by atoms with E-state index in [0.717, 1.165) is 42.5 Å². The summed E-state index contributed by atoms with van der Waals surface area (Å²) < 4.78 is 55.4. The van der Waals surface area contributed by atoms with Crippen molar-refractivity contribution >= 4 is 54.7 Å². The van der Waals surface area contributed by atoms with Gasteiger partial charge >= 0.3 is 0 Å². The molecule has 13 nitrogen and oxygen atoms in total. The van der Waals surface area contributed by atoms with Crippen molar-refractivity contribution in [2.24, 2.45) is 10.2 Å². The molecule has 0 bridgehead atoms. The predicted octanol–water partition coefficient (Wildman–Crippen LogP) is 4.77. The topological polar surface area (TPSA) is 179 Å². The quantitative estimate of drug-likeness (QED) is 0.0931. The molecule has 0 spiro atoms. The highest BCUT2D eigenvalue weighted by molar-refractivity contribution is 7.89. The van der Waals surface area contributed by atoms with E-state index in [1.807, 2.05) is 30.3 Å². The second-order valence-electron chi connectivity index (χ2n) is 11.4. The molecule has 5 N–H and O–H groups in total. The van der Waals surface area contributed by atoms with E-state index in [-0.39, 0.29) is 21.9 Å². The van der Waals surface area contributed by atoms with Gasteiger partial charge in [0.25, 0.3) is 0 Å². The first-order chi connectivity index (χ1) is 22.5. The Hall–Kier alpha value is -4.70. The molecule has 3 aromatic carbocycles. The van der Waals surface area contributed by atoms with Crippen molar-refractivity contribution in [1.29, 1.82) is 0 Å². The molecule has 2 fully saturated rings. The summed E-state index contributed by atoms with van der Waals surface area (Å²) in [5.41, 5.74) is 9.40. The maximum absolute atomic E-state index is 12.5. The molecule has 47 heavy (non-hydrogen) atoms. The molecule has 1 aromatic heterocycles. The van der Waals surface area contributed by atoms with Crippen LogP contribution in [0.2, 0.25) is 0 Å². The summed E-state index contributed by atoms with van der Waals surface area (Å²) in [7, 11) is -7.09. The van der Waals surface area contributed by atoms with Gasteiger partial charge in [0.15, 0.2) is 11.6 Å². The first-order valence-electron chi connectivity index (χ1n) is 15.1. The molecule has 4 aromatic rings. The summed E-state index contributed by atoms with van der Waals surface area (Å²) >= 11 is 0. The zero-order chi connectivity index (χ0) is 33.0. The van der Waals surface area contributed by atoms with Gasteiger partial charge in [-0.1, -0.05) is 42.5 Å². The van der Waals surface area contributed by atoms with Crippen LogP contribution in [0, 0.1) is 0 Å². The van der Waals surface area contributed by atoms with E-state index in [2.05, 4.69) is 45.8 Å². The van der Waals surface area contributed by atoms with Crippen molar-refractivity contribution in [3.05, 3.63) is 96.1 Å². The van der Waals surface area contributed by atoms with Crippen LogP contribution >= 0.6 is 0 Å². The average Bonchev–Trinajstić information content (AvgIpc) is 4.01. The Kier molecular flexibility index (Phi) is 9.31. The minimum atomic E-state index is -3.54. The number of hydrogen-bond acceptors (Lipinski definition) is 11. The van der Waals surface area contributed by atoms with Crippen LogP contribution in [-0.2, 0) is 20.0 Å². The summed E-state index contributed by atoms with van der Waals surface area (Å²) in [6.07, 6.45) is 3.46. The molecule has 0 unspecified atom stereocenters. The van der Waals surface area contributed by atoms with Crippen molar-refractivity contribution in [2.75, 3.05) is 16.2 Å². The molecule has 0 atom stereocenters. The van der Waals surface area contributed by atoms with Gasteiger partial charge in [-0.2, -0.15) is 20.2 Å². The van der Waals surface area contributed by atoms with Crippen LogP contribution in [0.25, 0.3) is 0 Å². The maximum Gasteiger partial charge on any atom is 0.240 e. The summed E-state index contributed by atoms with van der Waals surface area (Å²) in [6, 6.07) is 24.2. The van der Waals surface area contributed by atoms with Crippen LogP contribution in [0.5, 0.6) is 0 Å². The molecule has 15 heteroatoms. The van der Waals surface area contributed by atoms with Gasteiger partial charge in [0.2, 0.25) is 26.0 Å². The van der Waals surface area contributed by atoms with Crippen molar-refractivity contribution in [3.8, 4) is 0 Å². The van der Waals surface area contributed by atoms with Gasteiger partial charge in [0.1, 0.15) is 0 Å². The van der Waals surface area contributed by atoms with Gasteiger partial charge in [-0.05, 0) is 87.1 Å². The molecule has 2 saturated carbocycles. The first kappa shape index (κ1) is 32.2. The third-order valence-corrected chi connectivity index (χ3v) is 10.5. The third kappa shape index (κ3) is 8.77. The minimum Gasteiger partial charge on any atom is -0.324 e. The fourth-order valence-electron chi connectivity index (χ4n) is 4.41. The van der Waals surface area contributed by atoms with Gasteiger partial charge in [0.05, 0.1) is 21.2 Å². The second kappa shape index (κ2) is 13.6. The summed E-state index contributed by atoms with van der Waals surface area (Å²) in [6.45, 7) is 3.60. The lowest BCUT2D eigenvalue weighted by Gasteiger charge is -2.11. The monoisotopic (exact) mass is 673 g/mol. The first-order valence-corrected chi connectivity index (χ1v) is 18.1. The van der Waals surface area contributed by atoms with Gasteiger partial charge in [-0.15, -0.1) is 0 Å². The molecule has 2 aliphatic rings. The van der Waals surface area contributed by atoms with Crippen molar-refractivity contribution < 1.29 is 16.8 Å². The molecule has 0 radical (unpaired) electrons. The zero-order valence-corrected chi connectivity index (χ0v) is 27.4. The molecule has 0 saturated heterocycles. The smallest absolute Gasteiger partial charge is 0.240 e. The van der Waals surface area contributed by atoms with E-state index >= 15 is 0 Å². The SMILES string of the molecule is CC(=NNc1cc(NN=C(C)c2ccc(S(=O)(=O)NC3CC3)cc2)nc(Nc2ccccc2)n1)c1ccc(S(=O)(=O)NC2CC2)cc1. The second-order valence-corrected chi connectivity index (χ2v) is 14.8. The number of anilines is 4. The summed E-state index contributed by atoms with van der Waals surface area (Å²) in [5.74, 6) is 1.04. The Morgan fingerprint density at radius 2 is 1.06 bits per heavy atom. The van der Waals surface area contributed by atoms with Crippen LogP contribution in [0.1, 0.15) is 50.7 Å². The van der Waals surface area contributed by atoms with Crippen molar-refractivity contribution in [2.45, 2.75) is 61.4 Å². The van der Waals surface area contributed by atoms with Gasteiger partial charge in [0, 0.05) is 23.8 Å². The van der Waals surface area contributed by atoms with E-state index in [9.17, 15) is 16.8 Å². The number of benzene rings is 3. The number of hydrogen-bond donors (Lipinski definition) is 5. The van der Waals surface area contributed by atoms with E-state index in [1.165, 1.54) is 0 Å². The largest absolute Gasteiger partial charge is 0.324 e. The molecule has 0 amide bonds. The lowest BCUT2D eigenvalue weighted by atomic mass is 10.1. The summed E-state index contributed by atoms with van der Waals surface area (Å²) in [4.78, 5) is 9.49. The van der Waals surface area contributed by atoms with Gasteiger partial charge < -0.3 is 5.32 Å². The number of nitrogens with zero attached hydrogens (tertiary/aromatic N) is 4. The van der Waals surface area contributed by atoms with Crippen LogP contribution in [0.3, 0.4) is 0 Å². The molecule has 6 rings (SSSR count). The number of para-hydroxylation sites is 1. The third-order valence-electron chi connectivity index (χ3n) is 7.40. The van der Waals surface area contributed by atoms with E-state index in [4.69, 9.17) is 0 Å². The number of hydrazone groups is 2. The van der Waals surface area contributed by atoms with Gasteiger partial charge in [-0.3, -0.25) is 10.9 Å². The Bertz CT molecular complexity index is 1890. The molecular weight excluding hydrogens is 639 g/mol. The van der Waals surface area contributed by atoms with Crippen molar-refractivity contribution in [1.82, 2.24) is 19.4 Å². The normalized spacial score (nSPS) is 15.7. The highest BCUT2D eigenvalue weighted by Crippen LogP contribution is 2.24. The Morgan fingerprint density at radius 1 is 0.638 bits per heavy atom. The standard InChI is InChI=1S/C32H35N9O4S2/c1-21(23-8-16-28(17-9-23)46(42,43)40-26-12-13-26)36-38-30-20-31(35-32(34-30)33-25-6-4-3-5-7-25)39-37-22(2)24-10-18-29(19-11-24)47(44,45)41-27-14-15-27/h3-11,16-20,26-27,40-41H,12-15H2,1-2H3,(H3,33,34,35,38,39). The Labute approximate surface area is 274 Å². The fraction of sp³-hybridized carbons (Fsp3) is 0.250. The number of rotatable bonds is 14. The van der Waals surface area contributed by atoms with Crippen molar-refractivity contribution in [3.63, 3.8) is 0 Å². The molecule has 1 heterocycles. The Morgan fingerprint density at radius 3 is 1.47 bits per heavy atom. The highest BCUT2D eigenvalue weighted by Gasteiger charge is 2.28. The molecule has 2 aliphatic carbocycles. The average molecular weight is 674 g/mol. The fourth-order valence-corrected chi connectivity index (χ4v) is 7.02. The highest BCUT2D eigenvalue weighted by atomic mass is 32.2. The van der Waals surface area contributed by atoms with Gasteiger partial charge in [-0.25, -0.2) is 26.3 Å². The maximum atomic E-state index is 12.5. The molecule has 244 valence electrons. The van der Waals surface area contributed by atoms with E-state index in [0.29, 0.717) is 29.0 Å². The summed E-state index contributed by atoms with van der Waals surface area (Å²) in [5, 5.41) is 12.1. The van der Waals surface area contributed by atoms with E-state index in [1.54, 1.807) is 68.4 Å². The molecule has 0 aliphatic heterocycles. The van der Waals surface area contributed by atoms with Crippen LogP contribution in [0.4, 0.5) is 23.3 Å².